The van der Waals surface area contributed by atoms with Crippen molar-refractivity contribution in [3.05, 3.63) is 90.5 Å². The summed E-state index contributed by atoms with van der Waals surface area (Å²) in [5, 5.41) is 4.83. The predicted molar refractivity (Wildman–Crippen MR) is 149 cm³/mol. The molecule has 0 saturated carbocycles. The number of amides is 2. The molecule has 0 spiro atoms. The fraction of sp³-hybridized carbons (Fsp3) is 0.0714. The molecule has 1 heterocycles. The number of para-hydroxylation sites is 1. The van der Waals surface area contributed by atoms with Gasteiger partial charge in [-0.15, -0.1) is 11.3 Å². The van der Waals surface area contributed by atoms with Gasteiger partial charge in [0.2, 0.25) is 5.91 Å². The molecule has 0 radical (unpaired) electrons. The zero-order valence-electron chi connectivity index (χ0n) is 20.5. The monoisotopic (exact) mass is 559 g/mol. The molecule has 2 N–H and O–H groups in total. The number of carbonyl (C=O) groups is 3. The molecule has 0 saturated heterocycles. The third-order valence-electron chi connectivity index (χ3n) is 5.71. The fourth-order valence-corrected chi connectivity index (χ4v) is 6.04. The zero-order chi connectivity index (χ0) is 27.6. The van der Waals surface area contributed by atoms with Gasteiger partial charge in [0.05, 0.1) is 20.7 Å². The van der Waals surface area contributed by atoms with Crippen LogP contribution >= 0.6 is 11.3 Å². The second-order valence-corrected chi connectivity index (χ2v) is 11.2. The molecular formula is C28H21N3O6S2. The molecule has 0 bridgehead atoms. The van der Waals surface area contributed by atoms with E-state index in [2.05, 4.69) is 5.32 Å². The molecule has 196 valence electrons. The topological polar surface area (TPSA) is 132 Å². The molecular weight excluding hydrogens is 538 g/mol. The Bertz CT molecular complexity index is 1810. The Morgan fingerprint density at radius 3 is 2.33 bits per heavy atom. The van der Waals surface area contributed by atoms with E-state index in [0.29, 0.717) is 16.6 Å². The van der Waals surface area contributed by atoms with Crippen LogP contribution < -0.4 is 10.0 Å². The van der Waals surface area contributed by atoms with Gasteiger partial charge in [-0.25, -0.2) is 22.9 Å². The van der Waals surface area contributed by atoms with Crippen molar-refractivity contribution in [2.45, 2.75) is 11.8 Å². The number of sulfonamides is 1. The number of rotatable bonds is 7. The zero-order valence-corrected chi connectivity index (χ0v) is 22.1. The van der Waals surface area contributed by atoms with Crippen LogP contribution in [0, 0.1) is 0 Å². The predicted octanol–water partition coefficient (Wildman–Crippen LogP) is 4.74. The molecule has 0 aliphatic carbocycles. The molecule has 0 aliphatic rings. The average molecular weight is 560 g/mol. The number of nitrogens with one attached hydrogen (secondary N) is 2. The van der Waals surface area contributed by atoms with E-state index in [-0.39, 0.29) is 4.90 Å². The van der Waals surface area contributed by atoms with Crippen molar-refractivity contribution in [2.24, 2.45) is 0 Å². The van der Waals surface area contributed by atoms with Crippen LogP contribution in [0.3, 0.4) is 0 Å². The number of anilines is 1. The molecule has 11 heteroatoms. The molecule has 4 aromatic carbocycles. The van der Waals surface area contributed by atoms with Gasteiger partial charge in [0, 0.05) is 23.6 Å². The first-order valence-electron chi connectivity index (χ1n) is 11.7. The van der Waals surface area contributed by atoms with Crippen LogP contribution in [-0.2, 0) is 24.3 Å². The van der Waals surface area contributed by atoms with E-state index in [0.717, 1.165) is 33.1 Å². The van der Waals surface area contributed by atoms with E-state index < -0.39 is 34.4 Å². The Morgan fingerprint density at radius 2 is 1.62 bits per heavy atom. The molecule has 0 unspecified atom stereocenters. The van der Waals surface area contributed by atoms with Crippen molar-refractivity contribution in [3.63, 3.8) is 0 Å². The lowest BCUT2D eigenvalue weighted by Crippen LogP contribution is -2.28. The number of ether oxygens (including phenoxy) is 1. The van der Waals surface area contributed by atoms with Crippen LogP contribution in [0.4, 0.5) is 5.69 Å². The minimum Gasteiger partial charge on any atom is -0.452 e. The maximum Gasteiger partial charge on any atom is 0.339 e. The lowest BCUT2D eigenvalue weighted by molar-refractivity contribution is -0.119. The Hall–Kier alpha value is -4.61. The highest BCUT2D eigenvalue weighted by Gasteiger charge is 2.19. The van der Waals surface area contributed by atoms with Crippen molar-refractivity contribution >= 4 is 65.8 Å². The number of aromatic nitrogens is 1. The van der Waals surface area contributed by atoms with Crippen LogP contribution in [0.5, 0.6) is 0 Å². The number of hydrogen-bond acceptors (Lipinski definition) is 8. The Morgan fingerprint density at radius 1 is 0.897 bits per heavy atom. The summed E-state index contributed by atoms with van der Waals surface area (Å²) in [5.41, 5.74) is 2.26. The van der Waals surface area contributed by atoms with E-state index in [4.69, 9.17) is 9.72 Å². The van der Waals surface area contributed by atoms with Gasteiger partial charge in [-0.2, -0.15) is 0 Å². The second kappa shape index (κ2) is 10.6. The second-order valence-electron chi connectivity index (χ2n) is 8.51. The number of fused-ring (bicyclic) bond motifs is 2. The smallest absolute Gasteiger partial charge is 0.339 e. The van der Waals surface area contributed by atoms with Crippen molar-refractivity contribution in [3.8, 4) is 10.6 Å². The molecule has 39 heavy (non-hydrogen) atoms. The lowest BCUT2D eigenvalue weighted by Gasteiger charge is -2.11. The van der Waals surface area contributed by atoms with E-state index in [1.54, 1.807) is 12.1 Å². The standard InChI is InChI=1S/C28H21N3O6S2/c1-17(32)31-39(35,36)20-14-12-19(13-15-20)29-25(33)16-37-28(34)22-9-5-7-18-6-4-8-21(26(18)22)27-30-23-10-2-3-11-24(23)38-27/h2-15H,16H2,1H3,(H,29,33)(H,31,32). The summed E-state index contributed by atoms with van der Waals surface area (Å²) in [6.45, 7) is 0.540. The first kappa shape index (κ1) is 26.0. The minimum absolute atomic E-state index is 0.137. The number of thiazole rings is 1. The fourth-order valence-electron chi connectivity index (χ4n) is 4.05. The van der Waals surface area contributed by atoms with Gasteiger partial charge in [0.1, 0.15) is 5.01 Å². The molecule has 5 aromatic rings. The van der Waals surface area contributed by atoms with Gasteiger partial charge in [-0.3, -0.25) is 9.59 Å². The van der Waals surface area contributed by atoms with Crippen LogP contribution in [0.15, 0.2) is 89.8 Å². The maximum absolute atomic E-state index is 13.1. The number of carbonyl (C=O) groups excluding carboxylic acids is 3. The van der Waals surface area contributed by atoms with E-state index >= 15 is 0 Å². The van der Waals surface area contributed by atoms with Crippen LogP contribution in [0.25, 0.3) is 31.6 Å². The molecule has 0 atom stereocenters. The highest BCUT2D eigenvalue weighted by molar-refractivity contribution is 7.90. The maximum atomic E-state index is 13.1. The Kier molecular flexibility index (Phi) is 7.09. The Balaban J connectivity index is 1.32. The molecule has 0 aliphatic heterocycles. The summed E-state index contributed by atoms with van der Waals surface area (Å²) < 4.78 is 32.3. The lowest BCUT2D eigenvalue weighted by atomic mass is 9.99. The first-order chi connectivity index (χ1) is 18.7. The number of esters is 1. The largest absolute Gasteiger partial charge is 0.452 e. The number of hydrogen-bond donors (Lipinski definition) is 2. The number of nitrogens with zero attached hydrogens (tertiary/aromatic N) is 1. The third kappa shape index (κ3) is 5.64. The normalized spacial score (nSPS) is 11.3. The summed E-state index contributed by atoms with van der Waals surface area (Å²) in [7, 11) is -3.99. The molecule has 5 rings (SSSR count). The van der Waals surface area contributed by atoms with Crippen LogP contribution in [0.1, 0.15) is 17.3 Å². The van der Waals surface area contributed by atoms with Gasteiger partial charge in [0.25, 0.3) is 15.9 Å². The van der Waals surface area contributed by atoms with Crippen LogP contribution in [-0.4, -0.2) is 37.8 Å². The average Bonchev–Trinajstić information content (AvgIpc) is 3.35. The molecule has 2 amide bonds. The third-order valence-corrected chi connectivity index (χ3v) is 8.23. The number of benzene rings is 4. The SMILES string of the molecule is CC(=O)NS(=O)(=O)c1ccc(NC(=O)COC(=O)c2cccc3cccc(-c4nc5ccccc5s4)c23)cc1. The van der Waals surface area contributed by atoms with E-state index in [9.17, 15) is 22.8 Å². The van der Waals surface area contributed by atoms with Crippen LogP contribution in [0.2, 0.25) is 0 Å². The van der Waals surface area contributed by atoms with Crippen molar-refractivity contribution in [1.82, 2.24) is 9.71 Å². The van der Waals surface area contributed by atoms with Gasteiger partial charge < -0.3 is 10.1 Å². The van der Waals surface area contributed by atoms with Gasteiger partial charge in [-0.05, 0) is 47.9 Å². The highest BCUT2D eigenvalue weighted by atomic mass is 32.2. The quantitative estimate of drug-likeness (QED) is 0.275. The summed E-state index contributed by atoms with van der Waals surface area (Å²) in [5.74, 6) is -1.99. The van der Waals surface area contributed by atoms with Crippen molar-refractivity contribution in [1.29, 1.82) is 0 Å². The van der Waals surface area contributed by atoms with Crippen molar-refractivity contribution in [2.75, 3.05) is 11.9 Å². The molecule has 0 fully saturated rings. The summed E-state index contributed by atoms with van der Waals surface area (Å²) in [4.78, 5) is 41.2. The van der Waals surface area contributed by atoms with Gasteiger partial charge in [0.15, 0.2) is 6.61 Å². The van der Waals surface area contributed by atoms with E-state index in [1.165, 1.54) is 35.6 Å². The Labute approximate surface area is 227 Å². The minimum atomic E-state index is -3.99. The summed E-state index contributed by atoms with van der Waals surface area (Å²) in [6, 6.07) is 24.0. The summed E-state index contributed by atoms with van der Waals surface area (Å²) >= 11 is 1.52. The van der Waals surface area contributed by atoms with Gasteiger partial charge in [-0.1, -0.05) is 42.5 Å². The first-order valence-corrected chi connectivity index (χ1v) is 14.0. The van der Waals surface area contributed by atoms with Crippen molar-refractivity contribution < 1.29 is 27.5 Å². The molecule has 9 nitrogen and oxygen atoms in total. The summed E-state index contributed by atoms with van der Waals surface area (Å²) in [6.07, 6.45) is 0. The van der Waals surface area contributed by atoms with E-state index in [1.807, 2.05) is 53.3 Å². The van der Waals surface area contributed by atoms with Gasteiger partial charge >= 0.3 is 5.97 Å². The molecule has 1 aromatic heterocycles. The highest BCUT2D eigenvalue weighted by Crippen LogP contribution is 2.36.